The van der Waals surface area contributed by atoms with E-state index >= 15 is 0 Å². The average Bonchev–Trinajstić information content (AvgIpc) is 3.49. The van der Waals surface area contributed by atoms with Gasteiger partial charge < -0.3 is 24.6 Å². The van der Waals surface area contributed by atoms with Gasteiger partial charge >= 0.3 is 12.0 Å². The van der Waals surface area contributed by atoms with Crippen LogP contribution in [0.5, 0.6) is 0 Å². The lowest BCUT2D eigenvalue weighted by molar-refractivity contribution is -0.137. The lowest BCUT2D eigenvalue weighted by Gasteiger charge is -2.50. The summed E-state index contributed by atoms with van der Waals surface area (Å²) in [6.45, 7) is 38.0. The van der Waals surface area contributed by atoms with Gasteiger partial charge in [-0.1, -0.05) is 127 Å². The average molecular weight is 831 g/mol. The van der Waals surface area contributed by atoms with E-state index in [4.69, 9.17) is 14.6 Å². The first kappa shape index (κ1) is 49.9. The van der Waals surface area contributed by atoms with Crippen molar-refractivity contribution in [1.29, 1.82) is 0 Å². The van der Waals surface area contributed by atoms with Crippen molar-refractivity contribution >= 4 is 28.6 Å². The van der Waals surface area contributed by atoms with E-state index in [0.717, 1.165) is 45.2 Å². The van der Waals surface area contributed by atoms with Crippen molar-refractivity contribution in [2.75, 3.05) is 13.1 Å². The fraction of sp³-hybridized carbons (Fsp3) is 0.875. The Morgan fingerprint density at radius 3 is 1.77 bits per heavy atom. The zero-order valence-electron chi connectivity index (χ0n) is 39.6. The molecule has 0 radical (unpaired) electrons. The number of urea groups is 1. The van der Waals surface area contributed by atoms with Crippen molar-refractivity contribution in [3.63, 3.8) is 0 Å². The topological polar surface area (TPSA) is 102 Å². The van der Waals surface area contributed by atoms with Crippen LogP contribution in [-0.4, -0.2) is 63.9 Å². The molecule has 3 aliphatic carbocycles. The van der Waals surface area contributed by atoms with Gasteiger partial charge in [-0.3, -0.25) is 4.79 Å². The molecular weight excluding hydrogens is 741 g/mol. The van der Waals surface area contributed by atoms with Crippen molar-refractivity contribution in [2.45, 2.75) is 226 Å². The summed E-state index contributed by atoms with van der Waals surface area (Å²) in [6, 6.07) is -0.269. The number of carboxylic acid groups (broad SMARTS) is 1. The molecule has 0 spiro atoms. The lowest BCUT2D eigenvalue weighted by atomic mass is 9.60. The monoisotopic (exact) mass is 831 g/mol. The minimum Gasteiger partial charge on any atom is -0.481 e. The van der Waals surface area contributed by atoms with Gasteiger partial charge in [0.25, 0.3) is 0 Å². The van der Waals surface area contributed by atoms with E-state index in [1.165, 1.54) is 44.1 Å². The van der Waals surface area contributed by atoms with Crippen LogP contribution in [0.1, 0.15) is 181 Å². The summed E-state index contributed by atoms with van der Waals surface area (Å²) in [5, 5.41) is 9.35. The molecule has 3 N–H and O–H groups in total. The van der Waals surface area contributed by atoms with Crippen molar-refractivity contribution in [2.24, 2.45) is 34.8 Å². The van der Waals surface area contributed by atoms with Gasteiger partial charge in [0.2, 0.25) is 16.6 Å². The largest absolute Gasteiger partial charge is 0.481 e. The summed E-state index contributed by atoms with van der Waals surface area (Å²) >= 11 is 0. The Balaban J connectivity index is 0.000000847. The molecule has 4 fully saturated rings. The number of nitrogens with zero attached hydrogens (tertiary/aromatic N) is 1. The summed E-state index contributed by atoms with van der Waals surface area (Å²) in [4.78, 5) is 23.6. The molecule has 1 saturated heterocycles. The molecule has 1 heterocycles. The molecule has 0 aromatic heterocycles. The van der Waals surface area contributed by atoms with Gasteiger partial charge in [0.15, 0.2) is 0 Å². The molecule has 4 rings (SSSR count). The van der Waals surface area contributed by atoms with Crippen LogP contribution in [-0.2, 0) is 13.6 Å². The molecule has 4 aliphatic rings. The molecule has 1 aliphatic heterocycles. The number of piperidine rings is 1. The predicted octanol–water partition coefficient (Wildman–Crippen LogP) is 13.7. The van der Waals surface area contributed by atoms with Gasteiger partial charge in [0.05, 0.1) is 12.2 Å². The van der Waals surface area contributed by atoms with Gasteiger partial charge in [-0.2, -0.15) is 0 Å². The number of carboxylic acids is 1. The zero-order chi connectivity index (χ0) is 43.0. The fourth-order valence-electron chi connectivity index (χ4n) is 13.2. The fourth-order valence-corrected chi connectivity index (χ4v) is 24.4. The van der Waals surface area contributed by atoms with Crippen LogP contribution < -0.4 is 5.73 Å². The number of likely N-dealkylation sites (tertiary alicyclic amines) is 1. The number of hydrogen-bond acceptors (Lipinski definition) is 4. The predicted molar refractivity (Wildman–Crippen MR) is 246 cm³/mol. The number of hydrogen-bond donors (Lipinski definition) is 2. The van der Waals surface area contributed by atoms with Crippen LogP contribution in [0.25, 0.3) is 0 Å². The van der Waals surface area contributed by atoms with Crippen molar-refractivity contribution < 1.29 is 23.5 Å². The van der Waals surface area contributed by atoms with Gasteiger partial charge in [-0.25, -0.2) is 4.79 Å². The highest BCUT2D eigenvalue weighted by molar-refractivity contribution is 6.78. The summed E-state index contributed by atoms with van der Waals surface area (Å²) in [6.07, 6.45) is 18.3. The SMILES string of the molecule is CC(C)[Si](O[C@H]1C/C(=C/C=C2CCC[C@]3(C)[C@@H]([C@H](C)CCC(=O)O)CC[C@@H]23)[C@@H](C)[C@H](O[Si](C(C)C)(C(C)C)C(C)C)C1)(C(C)C)C(C)C.NC(=O)N1CCCCC1. The van der Waals surface area contributed by atoms with Crippen molar-refractivity contribution in [1.82, 2.24) is 4.90 Å². The molecule has 0 bridgehead atoms. The standard InChI is InChI=1S/C42H78O4Si2.C6H12N2O/c1-27(2)47(28(3)4,29(5)6)45-37-25-36(34(14)40(26-37)46-48(30(7)8,31(9)10)32(11)12)20-19-35-17-16-24-42(15)38(21-22-39(35)42)33(13)18-23-41(43)44;7-6(9)8-4-2-1-3-5-8/h19-20,27-34,37-40H,16-18,21-26H2,1-15H3,(H,43,44);1-5H2,(H2,7,9)/b35-19?,36-20-;/t33-,34-,37+,38-,39+,40-,42-;/m1./s1. The van der Waals surface area contributed by atoms with Crippen molar-refractivity contribution in [3.05, 3.63) is 23.3 Å². The highest BCUT2D eigenvalue weighted by atomic mass is 28.4. The second-order valence-corrected chi connectivity index (χ2v) is 31.9. The lowest BCUT2D eigenvalue weighted by Crippen LogP contribution is -2.55. The molecule has 0 aromatic rings. The van der Waals surface area contributed by atoms with Gasteiger partial charge in [-0.15, -0.1) is 0 Å². The van der Waals surface area contributed by atoms with Crippen LogP contribution in [0.15, 0.2) is 23.3 Å². The first-order chi connectivity index (χ1) is 26.6. The number of fused-ring (bicyclic) bond motifs is 1. The molecule has 3 saturated carbocycles. The van der Waals surface area contributed by atoms with Crippen LogP contribution in [0.2, 0.25) is 33.2 Å². The van der Waals surface area contributed by atoms with Crippen LogP contribution >= 0.6 is 0 Å². The van der Waals surface area contributed by atoms with E-state index in [-0.39, 0.29) is 23.7 Å². The summed E-state index contributed by atoms with van der Waals surface area (Å²) in [7, 11) is -4.14. The first-order valence-corrected chi connectivity index (χ1v) is 27.8. The number of primary amides is 1. The number of carbonyl (C=O) groups is 2. The molecule has 57 heavy (non-hydrogen) atoms. The van der Waals surface area contributed by atoms with E-state index in [1.807, 2.05) is 0 Å². The summed E-state index contributed by atoms with van der Waals surface area (Å²) in [5.41, 5.74) is 11.9. The molecule has 7 atom stereocenters. The first-order valence-electron chi connectivity index (χ1n) is 23.6. The van der Waals surface area contributed by atoms with Gasteiger partial charge in [0, 0.05) is 25.4 Å². The van der Waals surface area contributed by atoms with Crippen LogP contribution in [0.4, 0.5) is 4.79 Å². The summed E-state index contributed by atoms with van der Waals surface area (Å²) in [5.74, 6) is 1.41. The van der Waals surface area contributed by atoms with E-state index in [1.54, 1.807) is 10.5 Å². The smallest absolute Gasteiger partial charge is 0.314 e. The van der Waals surface area contributed by atoms with E-state index in [9.17, 15) is 14.7 Å². The van der Waals surface area contributed by atoms with E-state index in [2.05, 4.69) is 116 Å². The quantitative estimate of drug-likeness (QED) is 0.160. The highest BCUT2D eigenvalue weighted by Crippen LogP contribution is 2.60. The third-order valence-electron chi connectivity index (χ3n) is 16.0. The maximum Gasteiger partial charge on any atom is 0.314 e. The molecule has 7 nitrogen and oxygen atoms in total. The molecule has 330 valence electrons. The Bertz CT molecular complexity index is 1310. The van der Waals surface area contributed by atoms with Gasteiger partial charge in [0.1, 0.15) is 0 Å². The Morgan fingerprint density at radius 2 is 1.30 bits per heavy atom. The van der Waals surface area contributed by atoms with Crippen LogP contribution in [0, 0.1) is 29.1 Å². The highest BCUT2D eigenvalue weighted by Gasteiger charge is 2.52. The second-order valence-electron chi connectivity index (χ2n) is 21.1. The van der Waals surface area contributed by atoms with Crippen molar-refractivity contribution in [3.8, 4) is 0 Å². The third-order valence-corrected chi connectivity index (χ3v) is 28.2. The Kier molecular flexibility index (Phi) is 18.7. The number of nitrogens with two attached hydrogens (primary N) is 1. The zero-order valence-corrected chi connectivity index (χ0v) is 41.6. The maximum absolute atomic E-state index is 11.4. The normalized spacial score (nSPS) is 29.5. The van der Waals surface area contributed by atoms with Gasteiger partial charge in [-0.05, 0) is 127 Å². The Morgan fingerprint density at radius 1 is 0.789 bits per heavy atom. The second kappa shape index (κ2) is 21.4. The van der Waals surface area contributed by atoms with E-state index in [0.29, 0.717) is 63.3 Å². The number of aliphatic carboxylic acids is 1. The third kappa shape index (κ3) is 11.5. The minimum absolute atomic E-state index is 0.188. The Hall–Kier alpha value is -1.43. The maximum atomic E-state index is 11.4. The number of rotatable bonds is 15. The number of allylic oxidation sites excluding steroid dienone is 3. The summed E-state index contributed by atoms with van der Waals surface area (Å²) < 4.78 is 15.3. The van der Waals surface area contributed by atoms with E-state index < -0.39 is 22.6 Å². The number of amides is 2. The molecule has 9 heteroatoms. The minimum atomic E-state index is -2.08. The molecule has 0 unspecified atom stereocenters. The number of carbonyl (C=O) groups excluding carboxylic acids is 1. The molecule has 2 amide bonds. The molecule has 0 aromatic carbocycles. The van der Waals surface area contributed by atoms with Crippen LogP contribution in [0.3, 0.4) is 0 Å². The Labute approximate surface area is 353 Å². The molecular formula is C48H90N2O5Si2.